The minimum Gasteiger partial charge on any atom is -0.478 e. The van der Waals surface area contributed by atoms with Crippen molar-refractivity contribution in [1.82, 2.24) is 5.32 Å². The Kier molecular flexibility index (Phi) is 4.76. The molecular weight excluding hydrogens is 232 g/mol. The van der Waals surface area contributed by atoms with Gasteiger partial charge in [0, 0.05) is 20.0 Å². The summed E-state index contributed by atoms with van der Waals surface area (Å²) in [5.41, 5.74) is 0.412. The van der Waals surface area contributed by atoms with Gasteiger partial charge in [-0.2, -0.15) is 0 Å². The number of terminal acetylenes is 1. The van der Waals surface area contributed by atoms with Gasteiger partial charge in [-0.25, -0.2) is 9.59 Å². The van der Waals surface area contributed by atoms with Crippen molar-refractivity contribution in [2.24, 2.45) is 0 Å². The zero-order chi connectivity index (χ0) is 13.5. The van der Waals surface area contributed by atoms with E-state index in [9.17, 15) is 9.59 Å². The predicted octanol–water partition coefficient (Wildman–Crippen LogP) is 1.55. The average Bonchev–Trinajstić information content (AvgIpc) is 2.38. The summed E-state index contributed by atoms with van der Waals surface area (Å²) in [4.78, 5) is 24.0. The zero-order valence-corrected chi connectivity index (χ0v) is 10.0. The number of carboxylic acid groups (broad SMARTS) is 1. The first-order valence-corrected chi connectivity index (χ1v) is 5.35. The smallest absolute Gasteiger partial charge is 0.337 e. The van der Waals surface area contributed by atoms with E-state index in [0.717, 1.165) is 0 Å². The van der Waals surface area contributed by atoms with E-state index in [1.807, 2.05) is 0 Å². The van der Waals surface area contributed by atoms with Gasteiger partial charge < -0.3 is 10.4 Å². The van der Waals surface area contributed by atoms with Gasteiger partial charge in [0.15, 0.2) is 0 Å². The lowest BCUT2D eigenvalue weighted by Gasteiger charge is -2.19. The molecule has 0 atom stereocenters. The van der Waals surface area contributed by atoms with E-state index in [2.05, 4.69) is 11.2 Å². The van der Waals surface area contributed by atoms with Gasteiger partial charge in [0.2, 0.25) is 0 Å². The van der Waals surface area contributed by atoms with Gasteiger partial charge in [0.05, 0.1) is 11.3 Å². The van der Waals surface area contributed by atoms with E-state index < -0.39 is 5.97 Å². The van der Waals surface area contributed by atoms with E-state index in [4.69, 9.17) is 11.5 Å². The van der Waals surface area contributed by atoms with Gasteiger partial charge in [-0.05, 0) is 12.1 Å². The highest BCUT2D eigenvalue weighted by Crippen LogP contribution is 2.18. The Hall–Kier alpha value is -2.48. The van der Waals surface area contributed by atoms with Crippen molar-refractivity contribution >= 4 is 17.7 Å². The van der Waals surface area contributed by atoms with Gasteiger partial charge >= 0.3 is 12.0 Å². The number of hydrogen-bond acceptors (Lipinski definition) is 2. The third-order valence-electron chi connectivity index (χ3n) is 2.35. The molecule has 5 heteroatoms. The number of para-hydroxylation sites is 1. The second kappa shape index (κ2) is 6.30. The van der Waals surface area contributed by atoms with Crippen LogP contribution >= 0.6 is 0 Å². The van der Waals surface area contributed by atoms with E-state index in [1.54, 1.807) is 18.2 Å². The molecule has 0 bridgehead atoms. The quantitative estimate of drug-likeness (QED) is 0.625. The van der Waals surface area contributed by atoms with Crippen LogP contribution in [0.15, 0.2) is 24.3 Å². The number of aromatic carboxylic acids is 1. The minimum absolute atomic E-state index is 0.0760. The number of anilines is 1. The van der Waals surface area contributed by atoms with Crippen LogP contribution in [0.3, 0.4) is 0 Å². The minimum atomic E-state index is -1.08. The first-order valence-electron chi connectivity index (χ1n) is 5.35. The van der Waals surface area contributed by atoms with Crippen molar-refractivity contribution in [3.05, 3.63) is 29.8 Å². The molecule has 0 saturated carbocycles. The van der Waals surface area contributed by atoms with E-state index in [1.165, 1.54) is 18.0 Å². The first-order chi connectivity index (χ1) is 8.57. The Bertz CT molecular complexity index is 491. The van der Waals surface area contributed by atoms with Crippen LogP contribution in [-0.2, 0) is 0 Å². The maximum absolute atomic E-state index is 11.7. The fourth-order valence-electron chi connectivity index (χ4n) is 1.42. The molecule has 1 aromatic carbocycles. The van der Waals surface area contributed by atoms with Gasteiger partial charge in [0.25, 0.3) is 0 Å². The Balaban J connectivity index is 2.84. The molecule has 0 aromatic heterocycles. The number of carbonyl (C=O) groups is 2. The van der Waals surface area contributed by atoms with Crippen molar-refractivity contribution in [2.45, 2.75) is 6.42 Å². The second-order valence-corrected chi connectivity index (χ2v) is 3.57. The lowest BCUT2D eigenvalue weighted by molar-refractivity contribution is 0.0697. The Morgan fingerprint density at radius 2 is 2.11 bits per heavy atom. The van der Waals surface area contributed by atoms with Gasteiger partial charge in [-0.3, -0.25) is 4.90 Å². The summed E-state index contributed by atoms with van der Waals surface area (Å²) in [7, 11) is 1.51. The summed E-state index contributed by atoms with van der Waals surface area (Å²) in [5, 5.41) is 11.6. The number of nitrogens with one attached hydrogen (secondary N) is 1. The highest BCUT2D eigenvalue weighted by atomic mass is 16.4. The number of carbonyl (C=O) groups excluding carboxylic acids is 1. The van der Waals surface area contributed by atoms with Crippen LogP contribution in [0.4, 0.5) is 10.5 Å². The molecule has 1 aromatic rings. The lowest BCUT2D eigenvalue weighted by atomic mass is 10.1. The van der Waals surface area contributed by atoms with Crippen LogP contribution in [0.25, 0.3) is 0 Å². The van der Waals surface area contributed by atoms with E-state index in [0.29, 0.717) is 18.7 Å². The first kappa shape index (κ1) is 13.6. The molecule has 2 N–H and O–H groups in total. The van der Waals surface area contributed by atoms with Gasteiger partial charge in [-0.1, -0.05) is 12.1 Å². The number of rotatable bonds is 4. The number of urea groups is 1. The summed E-state index contributed by atoms with van der Waals surface area (Å²) in [6.45, 7) is 0.356. The van der Waals surface area contributed by atoms with Crippen molar-refractivity contribution in [2.75, 3.05) is 18.5 Å². The normalized spacial score (nSPS) is 9.33. The summed E-state index contributed by atoms with van der Waals surface area (Å²) in [5.74, 6) is 1.33. The molecular formula is C13H14N2O3. The summed E-state index contributed by atoms with van der Waals surface area (Å²) < 4.78 is 0. The third kappa shape index (κ3) is 3.25. The van der Waals surface area contributed by atoms with Crippen molar-refractivity contribution in [3.8, 4) is 12.3 Å². The predicted molar refractivity (Wildman–Crippen MR) is 68.7 cm³/mol. The van der Waals surface area contributed by atoms with Gasteiger partial charge in [-0.15, -0.1) is 12.3 Å². The van der Waals surface area contributed by atoms with Crippen molar-refractivity contribution in [3.63, 3.8) is 0 Å². The molecule has 0 unspecified atom stereocenters. The fraction of sp³-hybridized carbons (Fsp3) is 0.231. The van der Waals surface area contributed by atoms with Gasteiger partial charge in [0.1, 0.15) is 0 Å². The maximum Gasteiger partial charge on any atom is 0.337 e. The lowest BCUT2D eigenvalue weighted by Crippen LogP contribution is -2.38. The van der Waals surface area contributed by atoms with Crippen LogP contribution in [-0.4, -0.2) is 30.7 Å². The number of hydrogen-bond donors (Lipinski definition) is 2. The number of carboxylic acids is 1. The molecule has 0 aliphatic heterocycles. The Morgan fingerprint density at radius 1 is 1.44 bits per heavy atom. The molecule has 1 rings (SSSR count). The molecule has 0 saturated heterocycles. The van der Waals surface area contributed by atoms with E-state index in [-0.39, 0.29) is 11.6 Å². The Morgan fingerprint density at radius 3 is 2.72 bits per heavy atom. The summed E-state index contributed by atoms with van der Waals surface area (Å²) in [6.07, 6.45) is 5.50. The monoisotopic (exact) mass is 246 g/mol. The van der Waals surface area contributed by atoms with Crippen molar-refractivity contribution in [1.29, 1.82) is 0 Å². The number of nitrogens with zero attached hydrogens (tertiary/aromatic N) is 1. The van der Waals surface area contributed by atoms with Crippen LogP contribution in [0.5, 0.6) is 0 Å². The van der Waals surface area contributed by atoms with Crippen LogP contribution in [0.1, 0.15) is 16.8 Å². The SMILES string of the molecule is C#CCCNC(=O)N(C)c1ccccc1C(=O)O. The molecule has 18 heavy (non-hydrogen) atoms. The molecule has 0 fully saturated rings. The third-order valence-corrected chi connectivity index (χ3v) is 2.35. The molecule has 0 heterocycles. The maximum atomic E-state index is 11.7. The largest absolute Gasteiger partial charge is 0.478 e. The standard InChI is InChI=1S/C13H14N2O3/c1-3-4-9-14-13(18)15(2)11-8-6-5-7-10(11)12(16)17/h1,5-8H,4,9H2,2H3,(H,14,18)(H,16,17). The molecule has 0 aliphatic rings. The average molecular weight is 246 g/mol. The highest BCUT2D eigenvalue weighted by Gasteiger charge is 2.16. The molecule has 5 nitrogen and oxygen atoms in total. The van der Waals surface area contributed by atoms with Crippen LogP contribution in [0, 0.1) is 12.3 Å². The summed E-state index contributed by atoms with van der Waals surface area (Å²) in [6, 6.07) is 5.91. The molecule has 0 radical (unpaired) electrons. The van der Waals surface area contributed by atoms with Crippen LogP contribution < -0.4 is 10.2 Å². The van der Waals surface area contributed by atoms with Crippen molar-refractivity contribution < 1.29 is 14.7 Å². The number of amides is 2. The highest BCUT2D eigenvalue weighted by molar-refractivity contribution is 6.01. The topological polar surface area (TPSA) is 69.6 Å². The second-order valence-electron chi connectivity index (χ2n) is 3.57. The Labute approximate surface area is 105 Å². The molecule has 2 amide bonds. The molecule has 94 valence electrons. The molecule has 0 spiro atoms. The number of benzene rings is 1. The van der Waals surface area contributed by atoms with Crippen LogP contribution in [0.2, 0.25) is 0 Å². The fourth-order valence-corrected chi connectivity index (χ4v) is 1.42. The van der Waals surface area contributed by atoms with E-state index >= 15 is 0 Å². The summed E-state index contributed by atoms with van der Waals surface area (Å²) >= 11 is 0. The molecule has 0 aliphatic carbocycles. The zero-order valence-electron chi connectivity index (χ0n) is 10.0.